The summed E-state index contributed by atoms with van der Waals surface area (Å²) in [6.07, 6.45) is -0.954. The highest BCUT2D eigenvalue weighted by molar-refractivity contribution is 5.86. The van der Waals surface area contributed by atoms with Gasteiger partial charge in [0.05, 0.1) is 6.04 Å². The number of halogens is 2. The van der Waals surface area contributed by atoms with Crippen molar-refractivity contribution in [3.05, 3.63) is 71.3 Å². The first-order valence-corrected chi connectivity index (χ1v) is 9.02. The average Bonchev–Trinajstić information content (AvgIpc) is 2.68. The fourth-order valence-corrected chi connectivity index (χ4v) is 3.28. The highest BCUT2D eigenvalue weighted by Crippen LogP contribution is 2.29. The van der Waals surface area contributed by atoms with Gasteiger partial charge in [0.1, 0.15) is 18.2 Å². The maximum absolute atomic E-state index is 13.7. The van der Waals surface area contributed by atoms with E-state index in [0.717, 1.165) is 5.56 Å². The van der Waals surface area contributed by atoms with E-state index in [9.17, 15) is 18.4 Å². The molecule has 2 aromatic carbocycles. The molecule has 0 aliphatic carbocycles. The Balaban J connectivity index is 1.73. The molecule has 0 aromatic heterocycles. The number of benzene rings is 2. The Morgan fingerprint density at radius 2 is 1.93 bits per heavy atom. The fourth-order valence-electron chi connectivity index (χ4n) is 3.28. The highest BCUT2D eigenvalue weighted by atomic mass is 19.1. The van der Waals surface area contributed by atoms with Crippen molar-refractivity contribution in [2.45, 2.75) is 25.0 Å². The Hall–Kier alpha value is -2.80. The molecule has 0 spiro atoms. The molecule has 0 radical (unpaired) electrons. The molecule has 3 rings (SSSR count). The van der Waals surface area contributed by atoms with E-state index < -0.39 is 18.0 Å². The first kappa shape index (κ1) is 19.9. The number of likely N-dealkylation sites (N-methyl/N-ethyl adjacent to an activating group) is 1. The predicted octanol–water partition coefficient (Wildman–Crippen LogP) is 2.78. The standard InChI is InChI=1S/C21H22F2N2O3/c1-13(14-6-8-16(22)9-7-14)11-24-21(27)20-19(25(2)18(26)12-28-20)15-4-3-5-17(23)10-15/h3-10,13,19-20H,11-12H2,1-2H3,(H,24,27). The number of ether oxygens (including phenoxy) is 1. The number of carbonyl (C=O) groups excluding carboxylic acids is 2. The second kappa shape index (κ2) is 8.48. The SMILES string of the molecule is CC(CNC(=O)C1OCC(=O)N(C)C1c1cccc(F)c1)c1ccc(F)cc1. The predicted molar refractivity (Wildman–Crippen MR) is 99.5 cm³/mol. The summed E-state index contributed by atoms with van der Waals surface area (Å²) in [6, 6.07) is 11.2. The van der Waals surface area contributed by atoms with Crippen LogP contribution in [0.25, 0.3) is 0 Å². The third-order valence-corrected chi connectivity index (χ3v) is 4.95. The van der Waals surface area contributed by atoms with E-state index in [-0.39, 0.29) is 30.2 Å². The zero-order chi connectivity index (χ0) is 20.3. The van der Waals surface area contributed by atoms with E-state index in [1.54, 1.807) is 25.2 Å². The topological polar surface area (TPSA) is 58.6 Å². The normalized spacial score (nSPS) is 20.7. The first-order valence-electron chi connectivity index (χ1n) is 9.02. The summed E-state index contributed by atoms with van der Waals surface area (Å²) in [4.78, 5) is 26.2. The lowest BCUT2D eigenvalue weighted by molar-refractivity contribution is -0.162. The van der Waals surface area contributed by atoms with E-state index in [0.29, 0.717) is 12.1 Å². The molecule has 28 heavy (non-hydrogen) atoms. The number of morpholine rings is 1. The van der Waals surface area contributed by atoms with Gasteiger partial charge in [0.15, 0.2) is 6.10 Å². The van der Waals surface area contributed by atoms with Crippen LogP contribution >= 0.6 is 0 Å². The molecular weight excluding hydrogens is 366 g/mol. The molecule has 1 N–H and O–H groups in total. The molecule has 1 aliphatic heterocycles. The van der Waals surface area contributed by atoms with Crippen molar-refractivity contribution in [2.75, 3.05) is 20.2 Å². The van der Waals surface area contributed by atoms with Gasteiger partial charge in [-0.05, 0) is 41.3 Å². The minimum atomic E-state index is -0.954. The minimum absolute atomic E-state index is 0.0416. The number of amides is 2. The Kier molecular flexibility index (Phi) is 6.04. The zero-order valence-electron chi connectivity index (χ0n) is 15.7. The van der Waals surface area contributed by atoms with Gasteiger partial charge < -0.3 is 15.0 Å². The molecule has 1 fully saturated rings. The lowest BCUT2D eigenvalue weighted by Crippen LogP contribution is -2.53. The Bertz CT molecular complexity index is 857. The highest BCUT2D eigenvalue weighted by Gasteiger charge is 2.40. The lowest BCUT2D eigenvalue weighted by Gasteiger charge is -2.38. The summed E-state index contributed by atoms with van der Waals surface area (Å²) < 4.78 is 32.2. The molecule has 5 nitrogen and oxygen atoms in total. The number of hydrogen-bond donors (Lipinski definition) is 1. The molecule has 0 saturated carbocycles. The number of nitrogens with zero attached hydrogens (tertiary/aromatic N) is 1. The molecule has 1 heterocycles. The van der Waals surface area contributed by atoms with Crippen LogP contribution in [-0.2, 0) is 14.3 Å². The van der Waals surface area contributed by atoms with Crippen LogP contribution in [0.15, 0.2) is 48.5 Å². The third-order valence-electron chi connectivity index (χ3n) is 4.95. The molecule has 148 valence electrons. The molecule has 1 saturated heterocycles. The minimum Gasteiger partial charge on any atom is -0.356 e. The molecule has 3 unspecified atom stereocenters. The summed E-state index contributed by atoms with van der Waals surface area (Å²) in [5, 5.41) is 2.83. The van der Waals surface area contributed by atoms with Crippen LogP contribution in [0.4, 0.5) is 8.78 Å². The van der Waals surface area contributed by atoms with Crippen molar-refractivity contribution in [3.8, 4) is 0 Å². The Morgan fingerprint density at radius 3 is 2.61 bits per heavy atom. The van der Waals surface area contributed by atoms with Crippen LogP contribution in [-0.4, -0.2) is 43.0 Å². The van der Waals surface area contributed by atoms with E-state index in [2.05, 4.69) is 5.32 Å². The van der Waals surface area contributed by atoms with Gasteiger partial charge in [-0.15, -0.1) is 0 Å². The van der Waals surface area contributed by atoms with Crippen LogP contribution in [0.3, 0.4) is 0 Å². The largest absolute Gasteiger partial charge is 0.356 e. The number of nitrogens with one attached hydrogen (secondary N) is 1. The molecule has 2 amide bonds. The van der Waals surface area contributed by atoms with Crippen molar-refractivity contribution in [3.63, 3.8) is 0 Å². The average molecular weight is 388 g/mol. The van der Waals surface area contributed by atoms with Crippen molar-refractivity contribution < 1.29 is 23.1 Å². The maximum Gasteiger partial charge on any atom is 0.251 e. The van der Waals surface area contributed by atoms with Gasteiger partial charge in [-0.2, -0.15) is 0 Å². The van der Waals surface area contributed by atoms with Crippen molar-refractivity contribution in [1.82, 2.24) is 10.2 Å². The molecule has 3 atom stereocenters. The summed E-state index contributed by atoms with van der Waals surface area (Å²) >= 11 is 0. The summed E-state index contributed by atoms with van der Waals surface area (Å²) in [7, 11) is 1.57. The van der Waals surface area contributed by atoms with Gasteiger partial charge in [-0.3, -0.25) is 9.59 Å². The lowest BCUT2D eigenvalue weighted by atomic mass is 9.97. The van der Waals surface area contributed by atoms with Crippen molar-refractivity contribution in [1.29, 1.82) is 0 Å². The summed E-state index contributed by atoms with van der Waals surface area (Å²) in [5.41, 5.74) is 1.38. The quantitative estimate of drug-likeness (QED) is 0.857. The van der Waals surface area contributed by atoms with Crippen LogP contribution in [0.5, 0.6) is 0 Å². The maximum atomic E-state index is 13.7. The molecule has 0 bridgehead atoms. The third kappa shape index (κ3) is 4.36. The van der Waals surface area contributed by atoms with E-state index in [1.165, 1.54) is 35.2 Å². The molecule has 2 aromatic rings. The fraction of sp³-hybridized carbons (Fsp3) is 0.333. The number of rotatable bonds is 5. The summed E-state index contributed by atoms with van der Waals surface area (Å²) in [5.74, 6) is -1.48. The monoisotopic (exact) mass is 388 g/mol. The van der Waals surface area contributed by atoms with E-state index >= 15 is 0 Å². The zero-order valence-corrected chi connectivity index (χ0v) is 15.7. The van der Waals surface area contributed by atoms with E-state index in [4.69, 9.17) is 4.74 Å². The smallest absolute Gasteiger partial charge is 0.251 e. The van der Waals surface area contributed by atoms with E-state index in [1.807, 2.05) is 6.92 Å². The number of hydrogen-bond acceptors (Lipinski definition) is 3. The van der Waals surface area contributed by atoms with Crippen molar-refractivity contribution in [2.24, 2.45) is 0 Å². The van der Waals surface area contributed by atoms with Crippen LogP contribution in [0.1, 0.15) is 30.0 Å². The van der Waals surface area contributed by atoms with Crippen LogP contribution in [0.2, 0.25) is 0 Å². The Labute approximate surface area is 162 Å². The van der Waals surface area contributed by atoms with Gasteiger partial charge in [0.2, 0.25) is 5.91 Å². The van der Waals surface area contributed by atoms with Crippen LogP contribution < -0.4 is 5.32 Å². The number of carbonyl (C=O) groups is 2. The van der Waals surface area contributed by atoms with Gasteiger partial charge in [-0.1, -0.05) is 31.2 Å². The van der Waals surface area contributed by atoms with Crippen LogP contribution in [0, 0.1) is 11.6 Å². The summed E-state index contributed by atoms with van der Waals surface area (Å²) in [6.45, 7) is 2.01. The molecule has 7 heteroatoms. The van der Waals surface area contributed by atoms with Gasteiger partial charge >= 0.3 is 0 Å². The molecular formula is C21H22F2N2O3. The second-order valence-electron chi connectivity index (χ2n) is 6.93. The Morgan fingerprint density at radius 1 is 1.21 bits per heavy atom. The first-order chi connectivity index (χ1) is 13.4. The second-order valence-corrected chi connectivity index (χ2v) is 6.93. The van der Waals surface area contributed by atoms with Crippen molar-refractivity contribution >= 4 is 11.8 Å². The molecule has 1 aliphatic rings. The van der Waals surface area contributed by atoms with Gasteiger partial charge in [-0.25, -0.2) is 8.78 Å². The van der Waals surface area contributed by atoms with Gasteiger partial charge in [0, 0.05) is 13.6 Å². The van der Waals surface area contributed by atoms with Gasteiger partial charge in [0.25, 0.3) is 5.91 Å².